The molecule has 0 aliphatic heterocycles. The molecule has 3 aromatic carbocycles. The summed E-state index contributed by atoms with van der Waals surface area (Å²) in [7, 11) is -2.36. The van der Waals surface area contributed by atoms with Crippen molar-refractivity contribution in [3.63, 3.8) is 0 Å². The number of nitrogens with two attached hydrogens (primary N) is 1. The van der Waals surface area contributed by atoms with Crippen molar-refractivity contribution in [1.29, 1.82) is 0 Å². The largest absolute Gasteiger partial charge is 0.490 e. The number of anilines is 2. The van der Waals surface area contributed by atoms with Gasteiger partial charge in [0.2, 0.25) is 15.9 Å². The van der Waals surface area contributed by atoms with Crippen LogP contribution in [0.15, 0.2) is 77.8 Å². The van der Waals surface area contributed by atoms with E-state index in [0.29, 0.717) is 40.7 Å². The average Bonchev–Trinajstić information content (AvgIpc) is 2.95. The van der Waals surface area contributed by atoms with Crippen LogP contribution in [0.1, 0.15) is 37.9 Å². The summed E-state index contributed by atoms with van der Waals surface area (Å²) >= 11 is 0. The minimum absolute atomic E-state index is 0.000874. The number of nitrogens with one attached hydrogen (secondary N) is 3. The van der Waals surface area contributed by atoms with Gasteiger partial charge < -0.3 is 25.8 Å². The number of rotatable bonds is 12. The van der Waals surface area contributed by atoms with E-state index in [0.717, 1.165) is 10.8 Å². The Kier molecular flexibility index (Phi) is 9.31. The molecule has 4 aromatic rings. The first kappa shape index (κ1) is 29.6. The third-order valence-corrected chi connectivity index (χ3v) is 7.83. The molecule has 216 valence electrons. The van der Waals surface area contributed by atoms with Crippen LogP contribution in [0.3, 0.4) is 0 Å². The van der Waals surface area contributed by atoms with Gasteiger partial charge in [0.15, 0.2) is 11.5 Å². The van der Waals surface area contributed by atoms with E-state index in [1.165, 1.54) is 13.1 Å². The summed E-state index contributed by atoms with van der Waals surface area (Å²) in [4.78, 5) is 18.0. The molecule has 1 amide bonds. The summed E-state index contributed by atoms with van der Waals surface area (Å²) in [5.74, 6) is 1.14. The van der Waals surface area contributed by atoms with E-state index in [4.69, 9.17) is 15.2 Å². The molecule has 0 saturated heterocycles. The molecule has 11 heteroatoms. The molecule has 0 bridgehead atoms. The van der Waals surface area contributed by atoms with Crippen LogP contribution in [0.2, 0.25) is 0 Å². The van der Waals surface area contributed by atoms with Crippen molar-refractivity contribution in [3.8, 4) is 11.5 Å². The van der Waals surface area contributed by atoms with Crippen molar-refractivity contribution in [1.82, 2.24) is 15.0 Å². The Bertz CT molecular complexity index is 1640. The minimum atomic E-state index is -3.71. The van der Waals surface area contributed by atoms with Crippen molar-refractivity contribution in [2.75, 3.05) is 24.7 Å². The first-order valence-corrected chi connectivity index (χ1v) is 14.7. The van der Waals surface area contributed by atoms with Gasteiger partial charge in [-0.25, -0.2) is 18.1 Å². The van der Waals surface area contributed by atoms with Gasteiger partial charge in [-0.1, -0.05) is 24.3 Å². The fourth-order valence-corrected chi connectivity index (χ4v) is 5.35. The zero-order valence-electron chi connectivity index (χ0n) is 23.5. The second-order valence-electron chi connectivity index (χ2n) is 9.55. The topological polar surface area (TPSA) is 145 Å². The number of carbonyl (C=O) groups is 1. The first-order valence-electron chi connectivity index (χ1n) is 13.3. The molecular weight excluding hydrogens is 542 g/mol. The van der Waals surface area contributed by atoms with Crippen LogP contribution in [0.25, 0.3) is 10.8 Å². The molecule has 1 aromatic heterocycles. The van der Waals surface area contributed by atoms with Crippen molar-refractivity contribution >= 4 is 38.2 Å². The van der Waals surface area contributed by atoms with Crippen LogP contribution in [0, 0.1) is 0 Å². The lowest BCUT2D eigenvalue weighted by Gasteiger charge is -2.23. The molecule has 0 radical (unpaired) electrons. The van der Waals surface area contributed by atoms with E-state index in [2.05, 4.69) is 20.3 Å². The maximum atomic E-state index is 13.8. The maximum absolute atomic E-state index is 13.8. The monoisotopic (exact) mass is 577 g/mol. The molecule has 4 rings (SSSR count). The number of benzene rings is 3. The summed E-state index contributed by atoms with van der Waals surface area (Å²) in [6.45, 7) is 6.14. The molecule has 5 N–H and O–H groups in total. The SMILES string of the molecule is CCOc1cc(C(Nc2ccc3c(N)nccc3c2)C(=O)NCc2ccccc2S(=O)(=O)NC)ccc1OC(C)C. The highest BCUT2D eigenvalue weighted by Crippen LogP contribution is 2.33. The molecule has 1 heterocycles. The van der Waals surface area contributed by atoms with Crippen LogP contribution >= 0.6 is 0 Å². The van der Waals surface area contributed by atoms with Gasteiger partial charge in [0.1, 0.15) is 11.9 Å². The predicted molar refractivity (Wildman–Crippen MR) is 160 cm³/mol. The molecule has 0 spiro atoms. The van der Waals surface area contributed by atoms with E-state index in [1.54, 1.807) is 42.6 Å². The third kappa shape index (κ3) is 7.05. The average molecular weight is 578 g/mol. The zero-order chi connectivity index (χ0) is 29.6. The minimum Gasteiger partial charge on any atom is -0.490 e. The quantitative estimate of drug-likeness (QED) is 0.194. The number of nitrogen functional groups attached to an aromatic ring is 1. The lowest BCUT2D eigenvalue weighted by Crippen LogP contribution is -2.34. The first-order chi connectivity index (χ1) is 19.6. The normalized spacial score (nSPS) is 12.2. The lowest BCUT2D eigenvalue weighted by molar-refractivity contribution is -0.122. The van der Waals surface area contributed by atoms with Gasteiger partial charge >= 0.3 is 0 Å². The van der Waals surface area contributed by atoms with Gasteiger partial charge in [-0.2, -0.15) is 0 Å². The van der Waals surface area contributed by atoms with E-state index in [1.807, 2.05) is 45.0 Å². The van der Waals surface area contributed by atoms with Gasteiger partial charge in [-0.15, -0.1) is 0 Å². The molecule has 10 nitrogen and oxygen atoms in total. The molecule has 0 aliphatic rings. The van der Waals surface area contributed by atoms with Crippen LogP contribution in [-0.2, 0) is 21.4 Å². The number of ether oxygens (including phenoxy) is 2. The Balaban J connectivity index is 1.70. The number of hydrogen-bond acceptors (Lipinski definition) is 8. The predicted octanol–water partition coefficient (Wildman–Crippen LogP) is 4.38. The number of nitrogens with zero attached hydrogens (tertiary/aromatic N) is 1. The molecule has 41 heavy (non-hydrogen) atoms. The molecular formula is C30H35N5O5S. The highest BCUT2D eigenvalue weighted by Gasteiger charge is 2.24. The Morgan fingerprint density at radius 1 is 1.02 bits per heavy atom. The molecule has 0 aliphatic carbocycles. The second-order valence-corrected chi connectivity index (χ2v) is 11.4. The number of aromatic nitrogens is 1. The van der Waals surface area contributed by atoms with Gasteiger partial charge in [-0.3, -0.25) is 4.79 Å². The van der Waals surface area contributed by atoms with E-state index in [-0.39, 0.29) is 23.5 Å². The van der Waals surface area contributed by atoms with Crippen molar-refractivity contribution < 1.29 is 22.7 Å². The van der Waals surface area contributed by atoms with E-state index in [9.17, 15) is 13.2 Å². The standard InChI is InChI=1S/C30H35N5O5S/c1-5-39-26-17-21(10-13-25(26)40-19(2)3)28(35-23-11-12-24-20(16-23)14-15-33-29(24)31)30(36)34-18-22-8-6-7-9-27(22)41(37,38)32-4/h6-17,19,28,32,35H,5,18H2,1-4H3,(H2,31,33)(H,34,36). The van der Waals surface area contributed by atoms with E-state index >= 15 is 0 Å². The van der Waals surface area contributed by atoms with Gasteiger partial charge in [0.25, 0.3) is 0 Å². The Morgan fingerprint density at radius 2 is 1.80 bits per heavy atom. The Morgan fingerprint density at radius 3 is 2.54 bits per heavy atom. The third-order valence-electron chi connectivity index (χ3n) is 6.32. The van der Waals surface area contributed by atoms with Gasteiger partial charge in [0, 0.05) is 23.8 Å². The Labute approximate surface area is 240 Å². The highest BCUT2D eigenvalue weighted by molar-refractivity contribution is 7.89. The molecule has 0 saturated carbocycles. The highest BCUT2D eigenvalue weighted by atomic mass is 32.2. The molecule has 1 unspecified atom stereocenters. The maximum Gasteiger partial charge on any atom is 0.247 e. The summed E-state index contributed by atoms with van der Waals surface area (Å²) < 4.78 is 39.1. The lowest BCUT2D eigenvalue weighted by atomic mass is 10.0. The van der Waals surface area contributed by atoms with Crippen LogP contribution < -0.4 is 30.6 Å². The second kappa shape index (κ2) is 12.9. The van der Waals surface area contributed by atoms with Crippen molar-refractivity contribution in [2.24, 2.45) is 0 Å². The number of sulfonamides is 1. The number of hydrogen-bond donors (Lipinski definition) is 4. The fourth-order valence-electron chi connectivity index (χ4n) is 4.39. The fraction of sp³-hybridized carbons (Fsp3) is 0.267. The van der Waals surface area contributed by atoms with E-state index < -0.39 is 16.1 Å². The number of carbonyl (C=O) groups excluding carboxylic acids is 1. The van der Waals surface area contributed by atoms with Crippen LogP contribution in [-0.4, -0.2) is 39.1 Å². The number of amides is 1. The van der Waals surface area contributed by atoms with Gasteiger partial charge in [-0.05, 0) is 86.8 Å². The smallest absolute Gasteiger partial charge is 0.247 e. The summed E-state index contributed by atoms with van der Waals surface area (Å²) in [6, 6.07) is 18.4. The van der Waals surface area contributed by atoms with Crippen molar-refractivity contribution in [3.05, 3.63) is 84.1 Å². The molecule has 1 atom stereocenters. The Hall–Kier alpha value is -4.35. The summed E-state index contributed by atoms with van der Waals surface area (Å²) in [6.07, 6.45) is 1.56. The number of fused-ring (bicyclic) bond motifs is 1. The van der Waals surface area contributed by atoms with Gasteiger partial charge in [0.05, 0.1) is 17.6 Å². The van der Waals surface area contributed by atoms with Crippen molar-refractivity contribution in [2.45, 2.75) is 44.4 Å². The summed E-state index contributed by atoms with van der Waals surface area (Å²) in [5.41, 5.74) is 7.79. The summed E-state index contributed by atoms with van der Waals surface area (Å²) in [5, 5.41) is 7.90. The zero-order valence-corrected chi connectivity index (χ0v) is 24.3. The van der Waals surface area contributed by atoms with Crippen LogP contribution in [0.5, 0.6) is 11.5 Å². The molecule has 0 fully saturated rings. The van der Waals surface area contributed by atoms with Crippen LogP contribution in [0.4, 0.5) is 11.5 Å². The number of pyridine rings is 1.